The molecule has 1 aromatic carbocycles. The van der Waals surface area contributed by atoms with Crippen molar-refractivity contribution in [3.05, 3.63) is 94.7 Å². The molecule has 36 heavy (non-hydrogen) atoms. The Balaban J connectivity index is 1.79. The highest BCUT2D eigenvalue weighted by Gasteiger charge is 2.21. The zero-order valence-corrected chi connectivity index (χ0v) is 22.3. The number of amides is 1. The summed E-state index contributed by atoms with van der Waals surface area (Å²) in [6, 6.07) is 8.50. The summed E-state index contributed by atoms with van der Waals surface area (Å²) in [5.41, 5.74) is 4.55. The number of pyridine rings is 1. The van der Waals surface area contributed by atoms with E-state index in [1.165, 1.54) is 12.1 Å². The van der Waals surface area contributed by atoms with E-state index in [-0.39, 0.29) is 16.8 Å². The monoisotopic (exact) mass is 507 g/mol. The van der Waals surface area contributed by atoms with Gasteiger partial charge in [0.1, 0.15) is 0 Å². The number of allylic oxidation sites excluding steroid dienone is 3. The Morgan fingerprint density at radius 1 is 1.22 bits per heavy atom. The lowest BCUT2D eigenvalue weighted by atomic mass is 10.1. The van der Waals surface area contributed by atoms with Gasteiger partial charge in [0.15, 0.2) is 9.84 Å². The lowest BCUT2D eigenvalue weighted by Crippen LogP contribution is -2.41. The number of aliphatic imine (C=N–C) groups is 1. The number of rotatable bonds is 7. The number of carbonyl (C=O) groups is 1. The van der Waals surface area contributed by atoms with Crippen LogP contribution in [0.25, 0.3) is 0 Å². The third-order valence-corrected chi connectivity index (χ3v) is 7.24. The summed E-state index contributed by atoms with van der Waals surface area (Å²) in [4.78, 5) is 23.9. The van der Waals surface area contributed by atoms with Crippen molar-refractivity contribution in [2.75, 3.05) is 13.3 Å². The molecule has 1 aromatic heterocycles. The molecule has 0 bridgehead atoms. The minimum absolute atomic E-state index is 0.00944. The number of aryl methyl sites for hydroxylation is 1. The van der Waals surface area contributed by atoms with Crippen LogP contribution in [0.1, 0.15) is 54.7 Å². The van der Waals surface area contributed by atoms with Crippen LogP contribution in [-0.4, -0.2) is 43.5 Å². The predicted octanol–water partition coefficient (Wildman–Crippen LogP) is 4.26. The molecule has 0 saturated carbocycles. The highest BCUT2D eigenvalue weighted by atomic mass is 32.2. The maximum Gasteiger partial charge on any atom is 0.255 e. The first-order valence-electron chi connectivity index (χ1n) is 11.7. The van der Waals surface area contributed by atoms with Gasteiger partial charge in [-0.2, -0.15) is 0 Å². The predicted molar refractivity (Wildman–Crippen MR) is 143 cm³/mol. The molecule has 190 valence electrons. The van der Waals surface area contributed by atoms with E-state index in [1.807, 2.05) is 56.3 Å². The van der Waals surface area contributed by atoms with E-state index in [0.717, 1.165) is 29.5 Å². The summed E-state index contributed by atoms with van der Waals surface area (Å²) in [5.74, 6) is 0.364. The van der Waals surface area contributed by atoms with Crippen LogP contribution in [0.4, 0.5) is 0 Å². The van der Waals surface area contributed by atoms with E-state index in [9.17, 15) is 13.2 Å². The second-order valence-corrected chi connectivity index (χ2v) is 10.8. The standard InChI is InChI=1S/C27H33N5O3S/c1-7-18(2)23(31-27-29-14-12-24(32(27)5)22-9-8-13-28-17-22)16-20(4)30-26(33)21-10-11-25(19(3)15-21)36(6,34)35/h8-17,24H,7H2,1-6H3,(H,29,31)(H,30,33)/b20-16+,23-18+. The van der Waals surface area contributed by atoms with Gasteiger partial charge in [-0.25, -0.2) is 13.4 Å². The average Bonchev–Trinajstić information content (AvgIpc) is 2.83. The number of guanidine groups is 1. The van der Waals surface area contributed by atoms with Crippen LogP contribution in [-0.2, 0) is 9.84 Å². The minimum atomic E-state index is -3.35. The number of nitrogens with one attached hydrogen (secondary N) is 2. The minimum Gasteiger partial charge on any atom is -0.335 e. The molecule has 3 rings (SSSR count). The quantitative estimate of drug-likeness (QED) is 0.543. The SMILES string of the molecule is CC/C(C)=C(\C=C(/C)NC(=O)c1ccc(S(C)(=O)=O)c(C)c1)NC1=NC=CC(c2cccnc2)N1C. The van der Waals surface area contributed by atoms with Gasteiger partial charge in [0.2, 0.25) is 5.96 Å². The first-order valence-corrected chi connectivity index (χ1v) is 13.5. The molecular weight excluding hydrogens is 474 g/mol. The molecule has 9 heteroatoms. The Morgan fingerprint density at radius 3 is 2.58 bits per heavy atom. The zero-order valence-electron chi connectivity index (χ0n) is 21.5. The molecule has 1 atom stereocenters. The molecule has 1 unspecified atom stereocenters. The van der Waals surface area contributed by atoms with E-state index >= 15 is 0 Å². The highest BCUT2D eigenvalue weighted by molar-refractivity contribution is 7.90. The number of likely N-dealkylation sites (N-methyl/N-ethyl adjacent to an activating group) is 1. The normalized spacial score (nSPS) is 16.8. The van der Waals surface area contributed by atoms with Gasteiger partial charge in [-0.05, 0) is 80.3 Å². The molecule has 0 spiro atoms. The summed E-state index contributed by atoms with van der Waals surface area (Å²) < 4.78 is 23.7. The fraction of sp³-hybridized carbons (Fsp3) is 0.296. The van der Waals surface area contributed by atoms with Gasteiger partial charge in [-0.1, -0.05) is 13.0 Å². The summed E-state index contributed by atoms with van der Waals surface area (Å²) in [7, 11) is -1.38. The largest absolute Gasteiger partial charge is 0.335 e. The third-order valence-electron chi connectivity index (χ3n) is 5.99. The van der Waals surface area contributed by atoms with Crippen molar-refractivity contribution >= 4 is 21.7 Å². The van der Waals surface area contributed by atoms with E-state index in [4.69, 9.17) is 0 Å². The zero-order chi connectivity index (χ0) is 26.5. The summed E-state index contributed by atoms with van der Waals surface area (Å²) in [6.07, 6.45) is 11.2. The Labute approximate surface area is 213 Å². The van der Waals surface area contributed by atoms with Crippen LogP contribution in [0.5, 0.6) is 0 Å². The van der Waals surface area contributed by atoms with Crippen LogP contribution >= 0.6 is 0 Å². The Hall–Kier alpha value is -3.72. The molecule has 0 aliphatic carbocycles. The second-order valence-electron chi connectivity index (χ2n) is 8.84. The molecule has 2 heterocycles. The lowest BCUT2D eigenvalue weighted by Gasteiger charge is -2.32. The smallest absolute Gasteiger partial charge is 0.255 e. The first kappa shape index (κ1) is 26.9. The van der Waals surface area contributed by atoms with Crippen molar-refractivity contribution in [1.29, 1.82) is 0 Å². The topological polar surface area (TPSA) is 104 Å². The van der Waals surface area contributed by atoms with E-state index in [2.05, 4.69) is 27.5 Å². The van der Waals surface area contributed by atoms with Crippen LogP contribution in [0.2, 0.25) is 0 Å². The average molecular weight is 508 g/mol. The van der Waals surface area contributed by atoms with Gasteiger partial charge in [0.05, 0.1) is 10.9 Å². The highest BCUT2D eigenvalue weighted by Crippen LogP contribution is 2.23. The van der Waals surface area contributed by atoms with Gasteiger partial charge < -0.3 is 15.5 Å². The summed E-state index contributed by atoms with van der Waals surface area (Å²) in [5, 5.41) is 6.32. The number of sulfone groups is 1. The van der Waals surface area contributed by atoms with Gasteiger partial charge in [0, 0.05) is 48.9 Å². The number of hydrogen-bond donors (Lipinski definition) is 2. The number of nitrogens with zero attached hydrogens (tertiary/aromatic N) is 3. The molecule has 0 radical (unpaired) electrons. The van der Waals surface area contributed by atoms with Crippen LogP contribution in [0, 0.1) is 6.92 Å². The first-order chi connectivity index (χ1) is 17.0. The fourth-order valence-corrected chi connectivity index (χ4v) is 4.80. The van der Waals surface area contributed by atoms with E-state index in [1.54, 1.807) is 25.4 Å². The maximum atomic E-state index is 12.8. The lowest BCUT2D eigenvalue weighted by molar-refractivity contribution is 0.0965. The van der Waals surface area contributed by atoms with E-state index < -0.39 is 9.84 Å². The fourth-order valence-electron chi connectivity index (χ4n) is 3.84. The molecule has 1 amide bonds. The van der Waals surface area contributed by atoms with Crippen molar-refractivity contribution in [3.63, 3.8) is 0 Å². The van der Waals surface area contributed by atoms with Gasteiger partial charge in [0.25, 0.3) is 5.91 Å². The van der Waals surface area contributed by atoms with Gasteiger partial charge in [-0.3, -0.25) is 9.78 Å². The molecule has 8 nitrogen and oxygen atoms in total. The van der Waals surface area contributed by atoms with Crippen molar-refractivity contribution < 1.29 is 13.2 Å². The number of benzene rings is 1. The Morgan fingerprint density at radius 2 is 1.97 bits per heavy atom. The van der Waals surface area contributed by atoms with Crippen molar-refractivity contribution in [2.45, 2.75) is 45.1 Å². The maximum absolute atomic E-state index is 12.8. The summed E-state index contributed by atoms with van der Waals surface area (Å²) >= 11 is 0. The van der Waals surface area contributed by atoms with Gasteiger partial charge in [-0.15, -0.1) is 0 Å². The number of hydrogen-bond acceptors (Lipinski definition) is 7. The molecular formula is C27H33N5O3S. The molecule has 2 N–H and O–H groups in total. The van der Waals surface area contributed by atoms with Gasteiger partial charge >= 0.3 is 0 Å². The molecule has 0 fully saturated rings. The van der Waals surface area contributed by atoms with Crippen molar-refractivity contribution in [2.24, 2.45) is 4.99 Å². The Bertz CT molecular complexity index is 1360. The Kier molecular flexibility index (Phi) is 8.47. The summed E-state index contributed by atoms with van der Waals surface area (Å²) in [6.45, 7) is 7.58. The third kappa shape index (κ3) is 6.48. The van der Waals surface area contributed by atoms with Crippen LogP contribution in [0.15, 0.2) is 87.9 Å². The molecule has 1 aliphatic rings. The number of carbonyl (C=O) groups excluding carboxylic acids is 1. The van der Waals surface area contributed by atoms with Crippen molar-refractivity contribution in [1.82, 2.24) is 20.5 Å². The second kappa shape index (κ2) is 11.3. The molecule has 1 aliphatic heterocycles. The molecule has 0 saturated heterocycles. The number of aromatic nitrogens is 1. The van der Waals surface area contributed by atoms with Crippen molar-refractivity contribution in [3.8, 4) is 0 Å². The van der Waals surface area contributed by atoms with Crippen LogP contribution < -0.4 is 10.6 Å². The molecule has 2 aromatic rings. The van der Waals surface area contributed by atoms with E-state index in [0.29, 0.717) is 22.8 Å². The van der Waals surface area contributed by atoms with Crippen LogP contribution in [0.3, 0.4) is 0 Å².